The van der Waals surface area contributed by atoms with Crippen molar-refractivity contribution < 1.29 is 9.90 Å². The molecule has 2 aromatic heterocycles. The number of pyridine rings is 2. The summed E-state index contributed by atoms with van der Waals surface area (Å²) in [5.74, 6) is -1.60. The zero-order chi connectivity index (χ0) is 22.8. The van der Waals surface area contributed by atoms with Gasteiger partial charge < -0.3 is 15.7 Å². The topological polar surface area (TPSA) is 87.1 Å². The van der Waals surface area contributed by atoms with Crippen LogP contribution < -0.4 is 10.6 Å². The van der Waals surface area contributed by atoms with E-state index in [9.17, 15) is 9.90 Å². The zero-order valence-corrected chi connectivity index (χ0v) is 19.1. The molecular formula is C24H26Cl2N4O2. The van der Waals surface area contributed by atoms with E-state index in [4.69, 9.17) is 23.2 Å². The number of rotatable bonds is 12. The summed E-state index contributed by atoms with van der Waals surface area (Å²) >= 11 is 12.3. The van der Waals surface area contributed by atoms with Gasteiger partial charge in [-0.2, -0.15) is 0 Å². The molecule has 168 valence electrons. The number of nitrogens with one attached hydrogen (secondary N) is 2. The second-order valence-corrected chi connectivity index (χ2v) is 8.21. The Bertz CT molecular complexity index is 990. The first-order valence-corrected chi connectivity index (χ1v) is 11.2. The van der Waals surface area contributed by atoms with Gasteiger partial charge in [0, 0.05) is 62.3 Å². The highest BCUT2D eigenvalue weighted by molar-refractivity contribution is 6.42. The van der Waals surface area contributed by atoms with Gasteiger partial charge in [0.25, 0.3) is 0 Å². The Labute approximate surface area is 198 Å². The van der Waals surface area contributed by atoms with E-state index in [1.807, 2.05) is 42.5 Å². The lowest BCUT2D eigenvalue weighted by atomic mass is 9.92. The molecule has 0 saturated carbocycles. The highest BCUT2D eigenvalue weighted by Gasteiger charge is 2.29. The predicted octanol–water partition coefficient (Wildman–Crippen LogP) is 4.19. The van der Waals surface area contributed by atoms with Gasteiger partial charge in [-0.3, -0.25) is 14.8 Å². The molecule has 8 heteroatoms. The number of carboxylic acids is 1. The van der Waals surface area contributed by atoms with Gasteiger partial charge in [-0.15, -0.1) is 0 Å². The minimum Gasteiger partial charge on any atom is -0.481 e. The Balaban J connectivity index is 1.68. The molecule has 0 saturated heterocycles. The van der Waals surface area contributed by atoms with Crippen molar-refractivity contribution >= 4 is 29.2 Å². The Morgan fingerprint density at radius 3 is 2.12 bits per heavy atom. The molecule has 0 radical (unpaired) electrons. The molecule has 0 aliphatic carbocycles. The number of hydrogen-bond acceptors (Lipinski definition) is 5. The number of aliphatic carboxylic acids is 1. The van der Waals surface area contributed by atoms with E-state index in [0.717, 1.165) is 23.4 Å². The molecule has 0 aliphatic heterocycles. The van der Waals surface area contributed by atoms with Gasteiger partial charge >= 0.3 is 5.97 Å². The van der Waals surface area contributed by atoms with Gasteiger partial charge in [-0.1, -0.05) is 41.4 Å². The minimum atomic E-state index is -0.892. The van der Waals surface area contributed by atoms with E-state index in [1.54, 1.807) is 24.5 Å². The third-order valence-corrected chi connectivity index (χ3v) is 5.88. The van der Waals surface area contributed by atoms with Crippen molar-refractivity contribution in [3.8, 4) is 0 Å². The molecule has 6 nitrogen and oxygen atoms in total. The summed E-state index contributed by atoms with van der Waals surface area (Å²) in [6.45, 7) is 1.49. The molecule has 0 bridgehead atoms. The summed E-state index contributed by atoms with van der Waals surface area (Å²) in [4.78, 5) is 20.8. The zero-order valence-electron chi connectivity index (χ0n) is 17.5. The molecule has 2 atom stereocenters. The number of nitrogens with zero attached hydrogens (tertiary/aromatic N) is 2. The highest BCUT2D eigenvalue weighted by Crippen LogP contribution is 2.29. The van der Waals surface area contributed by atoms with Gasteiger partial charge in [0.15, 0.2) is 0 Å². The molecule has 32 heavy (non-hydrogen) atoms. The van der Waals surface area contributed by atoms with Crippen LogP contribution in [0.2, 0.25) is 10.0 Å². The van der Waals surface area contributed by atoms with E-state index in [2.05, 4.69) is 20.6 Å². The van der Waals surface area contributed by atoms with Crippen LogP contribution in [0.25, 0.3) is 0 Å². The summed E-state index contributed by atoms with van der Waals surface area (Å²) < 4.78 is 0. The van der Waals surface area contributed by atoms with Crippen LogP contribution in [0.15, 0.2) is 67.0 Å². The fourth-order valence-electron chi connectivity index (χ4n) is 3.47. The number of hydrogen-bond donors (Lipinski definition) is 3. The molecule has 2 unspecified atom stereocenters. The number of aromatic nitrogens is 2. The van der Waals surface area contributed by atoms with Crippen LogP contribution >= 0.6 is 23.2 Å². The van der Waals surface area contributed by atoms with Crippen molar-refractivity contribution in [2.24, 2.45) is 5.92 Å². The van der Waals surface area contributed by atoms with Crippen LogP contribution in [0.4, 0.5) is 0 Å². The summed E-state index contributed by atoms with van der Waals surface area (Å²) in [6.07, 6.45) is 4.90. The van der Waals surface area contributed by atoms with Gasteiger partial charge in [0.1, 0.15) is 0 Å². The van der Waals surface area contributed by atoms with E-state index < -0.39 is 17.9 Å². The summed E-state index contributed by atoms with van der Waals surface area (Å²) in [5, 5.41) is 17.5. The monoisotopic (exact) mass is 472 g/mol. The van der Waals surface area contributed by atoms with Crippen LogP contribution in [-0.2, 0) is 17.6 Å². The molecular weight excluding hydrogens is 447 g/mol. The summed E-state index contributed by atoms with van der Waals surface area (Å²) in [5.41, 5.74) is 2.67. The van der Waals surface area contributed by atoms with E-state index in [0.29, 0.717) is 36.1 Å². The molecule has 0 aliphatic rings. The first kappa shape index (κ1) is 24.1. The standard InChI is InChI=1S/C24H26Cl2N4O2/c25-21-8-7-17(15-22(21)26)23(30-14-10-19-6-2-4-12-29-19)20(24(31)32)16-27-13-9-18-5-1-3-11-28-18/h1-8,11-12,15,20,23,27,30H,9-10,13-14,16H2,(H,31,32). The summed E-state index contributed by atoms with van der Waals surface area (Å²) in [6, 6.07) is 16.3. The van der Waals surface area contributed by atoms with Crippen LogP contribution in [0.3, 0.4) is 0 Å². The lowest BCUT2D eigenvalue weighted by Crippen LogP contribution is -2.40. The Kier molecular flexibility index (Phi) is 9.43. The van der Waals surface area contributed by atoms with Crippen molar-refractivity contribution in [3.05, 3.63) is 94.0 Å². The van der Waals surface area contributed by atoms with Gasteiger partial charge in [-0.05, 0) is 42.0 Å². The van der Waals surface area contributed by atoms with Crippen molar-refractivity contribution in [3.63, 3.8) is 0 Å². The van der Waals surface area contributed by atoms with Crippen LogP contribution in [0.1, 0.15) is 23.0 Å². The molecule has 3 N–H and O–H groups in total. The predicted molar refractivity (Wildman–Crippen MR) is 127 cm³/mol. The molecule has 0 amide bonds. The number of benzene rings is 1. The summed E-state index contributed by atoms with van der Waals surface area (Å²) in [7, 11) is 0. The maximum absolute atomic E-state index is 12.2. The average Bonchev–Trinajstić information content (AvgIpc) is 2.80. The Hall–Kier alpha value is -2.51. The lowest BCUT2D eigenvalue weighted by Gasteiger charge is -2.26. The van der Waals surface area contributed by atoms with E-state index >= 15 is 0 Å². The van der Waals surface area contributed by atoms with E-state index in [-0.39, 0.29) is 0 Å². The lowest BCUT2D eigenvalue weighted by molar-refractivity contribution is -0.142. The maximum Gasteiger partial charge on any atom is 0.309 e. The van der Waals surface area contributed by atoms with Crippen molar-refractivity contribution in [2.75, 3.05) is 19.6 Å². The molecule has 1 aromatic carbocycles. The van der Waals surface area contributed by atoms with Crippen molar-refractivity contribution in [1.82, 2.24) is 20.6 Å². The normalized spacial score (nSPS) is 12.9. The van der Waals surface area contributed by atoms with Crippen LogP contribution in [-0.4, -0.2) is 40.7 Å². The van der Waals surface area contributed by atoms with Gasteiger partial charge in [0.05, 0.1) is 16.0 Å². The first-order chi connectivity index (χ1) is 15.5. The Morgan fingerprint density at radius 2 is 1.56 bits per heavy atom. The fraction of sp³-hybridized carbons (Fsp3) is 0.292. The molecule has 3 aromatic rings. The minimum absolute atomic E-state index is 0.295. The number of halogens is 2. The quantitative estimate of drug-likeness (QED) is 0.342. The maximum atomic E-state index is 12.2. The third kappa shape index (κ3) is 7.28. The van der Waals surface area contributed by atoms with Crippen LogP contribution in [0, 0.1) is 5.92 Å². The number of carbonyl (C=O) groups is 1. The fourth-order valence-corrected chi connectivity index (χ4v) is 3.77. The SMILES string of the molecule is O=C(O)C(CNCCc1ccccn1)C(NCCc1ccccn1)c1ccc(Cl)c(Cl)c1. The number of carboxylic acid groups (broad SMARTS) is 1. The molecule has 0 spiro atoms. The van der Waals surface area contributed by atoms with Gasteiger partial charge in [0.2, 0.25) is 0 Å². The van der Waals surface area contributed by atoms with E-state index in [1.165, 1.54) is 0 Å². The smallest absolute Gasteiger partial charge is 0.309 e. The first-order valence-electron chi connectivity index (χ1n) is 10.5. The third-order valence-electron chi connectivity index (χ3n) is 5.14. The largest absolute Gasteiger partial charge is 0.481 e. The Morgan fingerprint density at radius 1 is 0.906 bits per heavy atom. The molecule has 0 fully saturated rings. The molecule has 3 rings (SSSR count). The van der Waals surface area contributed by atoms with Gasteiger partial charge in [-0.25, -0.2) is 0 Å². The second-order valence-electron chi connectivity index (χ2n) is 7.40. The van der Waals surface area contributed by atoms with Crippen LogP contribution in [0.5, 0.6) is 0 Å². The van der Waals surface area contributed by atoms with Crippen molar-refractivity contribution in [2.45, 2.75) is 18.9 Å². The van der Waals surface area contributed by atoms with Crippen molar-refractivity contribution in [1.29, 1.82) is 0 Å². The highest BCUT2D eigenvalue weighted by atomic mass is 35.5. The average molecular weight is 473 g/mol. The molecule has 2 heterocycles. The second kappa shape index (κ2) is 12.5.